The van der Waals surface area contributed by atoms with Crippen molar-refractivity contribution in [3.63, 3.8) is 0 Å². The average molecular weight is 250 g/mol. The monoisotopic (exact) mass is 250 g/mol. The van der Waals surface area contributed by atoms with E-state index >= 15 is 0 Å². The van der Waals surface area contributed by atoms with Crippen molar-refractivity contribution in [3.8, 4) is 0 Å². The molecule has 0 saturated carbocycles. The molecular weight excluding hydrogens is 236 g/mol. The van der Waals surface area contributed by atoms with Gasteiger partial charge in [0.15, 0.2) is 5.78 Å². The van der Waals surface area contributed by atoms with Crippen LogP contribution < -0.4 is 0 Å². The Morgan fingerprint density at radius 1 is 1.00 bits per heavy atom. The molecule has 2 aromatic rings. The zero-order valence-electron chi connectivity index (χ0n) is 10.7. The predicted octanol–water partition coefficient (Wildman–Crippen LogP) is 3.08. The fourth-order valence-electron chi connectivity index (χ4n) is 1.52. The van der Waals surface area contributed by atoms with E-state index in [2.05, 4.69) is 9.97 Å². The van der Waals surface area contributed by atoms with Gasteiger partial charge in [0.2, 0.25) is 0 Å². The molecular formula is C16H14N2O. The molecule has 94 valence electrons. The Balaban J connectivity index is 2.00. The van der Waals surface area contributed by atoms with Crippen LogP contribution in [-0.4, -0.2) is 15.8 Å². The summed E-state index contributed by atoms with van der Waals surface area (Å²) in [6.07, 6.45) is 8.08. The van der Waals surface area contributed by atoms with Crippen molar-refractivity contribution >= 4 is 17.9 Å². The summed E-state index contributed by atoms with van der Waals surface area (Å²) in [5.74, 6) is -0.0889. The lowest BCUT2D eigenvalue weighted by atomic mass is 10.2. The van der Waals surface area contributed by atoms with E-state index in [1.165, 1.54) is 12.2 Å². The van der Waals surface area contributed by atoms with E-state index in [4.69, 9.17) is 0 Å². The lowest BCUT2D eigenvalue weighted by Crippen LogP contribution is -1.88. The molecule has 3 heteroatoms. The van der Waals surface area contributed by atoms with Crippen molar-refractivity contribution in [1.82, 2.24) is 9.97 Å². The average Bonchev–Trinajstić information content (AvgIpc) is 2.44. The summed E-state index contributed by atoms with van der Waals surface area (Å²) in [6, 6.07) is 11.2. The first-order valence-corrected chi connectivity index (χ1v) is 5.99. The molecule has 2 rings (SSSR count). The number of ketones is 1. The summed E-state index contributed by atoms with van der Waals surface area (Å²) in [7, 11) is 0. The van der Waals surface area contributed by atoms with Crippen LogP contribution >= 0.6 is 0 Å². The number of hydrogen-bond donors (Lipinski definition) is 0. The summed E-state index contributed by atoms with van der Waals surface area (Å²) in [5, 5.41) is 0. The molecule has 19 heavy (non-hydrogen) atoms. The maximum atomic E-state index is 11.6. The molecule has 0 N–H and O–H groups in total. The number of aromatic nitrogens is 2. The van der Waals surface area contributed by atoms with E-state index in [1.54, 1.807) is 18.3 Å². The van der Waals surface area contributed by atoms with E-state index in [-0.39, 0.29) is 5.78 Å². The third-order valence-corrected chi connectivity index (χ3v) is 2.43. The Morgan fingerprint density at radius 3 is 2.42 bits per heavy atom. The summed E-state index contributed by atoms with van der Waals surface area (Å²) >= 11 is 0. The number of rotatable bonds is 4. The van der Waals surface area contributed by atoms with Crippen LogP contribution in [0.15, 0.2) is 54.7 Å². The van der Waals surface area contributed by atoms with Crippen LogP contribution in [0.2, 0.25) is 0 Å². The molecule has 2 heterocycles. The highest BCUT2D eigenvalue weighted by atomic mass is 16.1. The SMILES string of the molecule is Cc1cccc(/C=C/C(=O)/C=C/c2ccccn2)n1. The second-order valence-corrected chi connectivity index (χ2v) is 4.03. The number of carbonyl (C=O) groups is 1. The molecule has 0 amide bonds. The van der Waals surface area contributed by atoms with Crippen molar-refractivity contribution in [2.24, 2.45) is 0 Å². The van der Waals surface area contributed by atoms with Crippen LogP contribution in [0.4, 0.5) is 0 Å². The molecule has 0 atom stereocenters. The van der Waals surface area contributed by atoms with Gasteiger partial charge in [-0.2, -0.15) is 0 Å². The summed E-state index contributed by atoms with van der Waals surface area (Å²) in [4.78, 5) is 20.0. The van der Waals surface area contributed by atoms with Gasteiger partial charge in [0, 0.05) is 11.9 Å². The van der Waals surface area contributed by atoms with Gasteiger partial charge in [-0.15, -0.1) is 0 Å². The maximum Gasteiger partial charge on any atom is 0.178 e. The number of pyridine rings is 2. The minimum absolute atomic E-state index is 0.0889. The first kappa shape index (κ1) is 12.9. The van der Waals surface area contributed by atoms with Gasteiger partial charge >= 0.3 is 0 Å². The van der Waals surface area contributed by atoms with Gasteiger partial charge in [-0.25, -0.2) is 0 Å². The molecule has 0 bridgehead atoms. The molecule has 0 aliphatic rings. The highest BCUT2D eigenvalue weighted by Crippen LogP contribution is 2.01. The summed E-state index contributed by atoms with van der Waals surface area (Å²) in [5.41, 5.74) is 2.47. The lowest BCUT2D eigenvalue weighted by Gasteiger charge is -1.93. The fourth-order valence-corrected chi connectivity index (χ4v) is 1.52. The van der Waals surface area contributed by atoms with Crippen molar-refractivity contribution < 1.29 is 4.79 Å². The van der Waals surface area contributed by atoms with Gasteiger partial charge < -0.3 is 0 Å². The van der Waals surface area contributed by atoms with Crippen LogP contribution in [0.5, 0.6) is 0 Å². The van der Waals surface area contributed by atoms with Crippen molar-refractivity contribution in [2.75, 3.05) is 0 Å². The Labute approximate surface area is 112 Å². The standard InChI is InChI=1S/C16H14N2O/c1-13-5-4-7-15(18-13)9-11-16(19)10-8-14-6-2-3-12-17-14/h2-12H,1H3/b10-8+,11-9+. The largest absolute Gasteiger partial charge is 0.290 e. The normalized spacial score (nSPS) is 11.2. The van der Waals surface area contributed by atoms with E-state index < -0.39 is 0 Å². The number of carbonyl (C=O) groups excluding carboxylic acids is 1. The van der Waals surface area contributed by atoms with E-state index in [0.717, 1.165) is 17.1 Å². The Morgan fingerprint density at radius 2 is 1.74 bits per heavy atom. The number of allylic oxidation sites excluding steroid dienone is 2. The smallest absolute Gasteiger partial charge is 0.178 e. The Bertz CT molecular complexity index is 616. The number of hydrogen-bond acceptors (Lipinski definition) is 3. The topological polar surface area (TPSA) is 42.9 Å². The van der Waals surface area contributed by atoms with Crippen LogP contribution in [0.3, 0.4) is 0 Å². The minimum atomic E-state index is -0.0889. The van der Waals surface area contributed by atoms with Crippen LogP contribution in [0.1, 0.15) is 17.1 Å². The minimum Gasteiger partial charge on any atom is -0.290 e. The highest BCUT2D eigenvalue weighted by molar-refractivity contribution is 6.04. The number of nitrogens with zero attached hydrogens (tertiary/aromatic N) is 2. The molecule has 0 radical (unpaired) electrons. The van der Waals surface area contributed by atoms with Gasteiger partial charge in [0.25, 0.3) is 0 Å². The second-order valence-electron chi connectivity index (χ2n) is 4.03. The zero-order valence-corrected chi connectivity index (χ0v) is 10.7. The Kier molecular flexibility index (Phi) is 4.34. The lowest BCUT2D eigenvalue weighted by molar-refractivity contribution is -0.110. The molecule has 0 fully saturated rings. The van der Waals surface area contributed by atoms with Crippen LogP contribution in [0.25, 0.3) is 12.2 Å². The van der Waals surface area contributed by atoms with Crippen molar-refractivity contribution in [3.05, 3.63) is 71.8 Å². The van der Waals surface area contributed by atoms with Crippen molar-refractivity contribution in [2.45, 2.75) is 6.92 Å². The number of aryl methyl sites for hydroxylation is 1. The third-order valence-electron chi connectivity index (χ3n) is 2.43. The highest BCUT2D eigenvalue weighted by Gasteiger charge is 1.93. The molecule has 0 aliphatic carbocycles. The maximum absolute atomic E-state index is 11.6. The first-order valence-electron chi connectivity index (χ1n) is 5.99. The molecule has 0 spiro atoms. The van der Waals surface area contributed by atoms with Gasteiger partial charge in [-0.3, -0.25) is 14.8 Å². The molecule has 0 saturated heterocycles. The molecule has 3 nitrogen and oxygen atoms in total. The van der Waals surface area contributed by atoms with Gasteiger partial charge in [-0.1, -0.05) is 12.1 Å². The molecule has 0 unspecified atom stereocenters. The van der Waals surface area contributed by atoms with Gasteiger partial charge in [-0.05, 0) is 55.5 Å². The predicted molar refractivity (Wildman–Crippen MR) is 76.3 cm³/mol. The zero-order chi connectivity index (χ0) is 13.5. The second kappa shape index (κ2) is 6.40. The summed E-state index contributed by atoms with van der Waals surface area (Å²) < 4.78 is 0. The van der Waals surface area contributed by atoms with Gasteiger partial charge in [0.05, 0.1) is 11.4 Å². The summed E-state index contributed by atoms with van der Waals surface area (Å²) in [6.45, 7) is 1.92. The molecule has 2 aromatic heterocycles. The molecule has 0 aromatic carbocycles. The van der Waals surface area contributed by atoms with E-state index in [0.29, 0.717) is 0 Å². The third kappa shape index (κ3) is 4.32. The van der Waals surface area contributed by atoms with Gasteiger partial charge in [0.1, 0.15) is 0 Å². The first-order chi connectivity index (χ1) is 9.24. The van der Waals surface area contributed by atoms with E-state index in [1.807, 2.05) is 43.3 Å². The Hall–Kier alpha value is -2.55. The van der Waals surface area contributed by atoms with E-state index in [9.17, 15) is 4.79 Å². The molecule has 0 aliphatic heterocycles. The van der Waals surface area contributed by atoms with Crippen LogP contribution in [0, 0.1) is 6.92 Å². The fraction of sp³-hybridized carbons (Fsp3) is 0.0625. The van der Waals surface area contributed by atoms with Crippen molar-refractivity contribution in [1.29, 1.82) is 0 Å². The quantitative estimate of drug-likeness (QED) is 0.783. The van der Waals surface area contributed by atoms with Crippen LogP contribution in [-0.2, 0) is 4.79 Å².